The normalized spacial score (nSPS) is 12.2. The first-order chi connectivity index (χ1) is 10.3. The van der Waals surface area contributed by atoms with Crippen molar-refractivity contribution in [3.8, 4) is 0 Å². The molecule has 0 saturated heterocycles. The predicted molar refractivity (Wildman–Crippen MR) is 85.6 cm³/mol. The number of para-hydroxylation sites is 1. The quantitative estimate of drug-likeness (QED) is 0.423. The number of benzene rings is 2. The number of hydrogen-bond acceptors (Lipinski definition) is 1. The van der Waals surface area contributed by atoms with Crippen LogP contribution in [0.3, 0.4) is 0 Å². The van der Waals surface area contributed by atoms with E-state index in [1.165, 1.54) is 5.56 Å². The largest absolute Gasteiger partial charge is 0.338 e. The molecule has 0 aliphatic heterocycles. The molecular weight excluding hydrogens is 260 g/mol. The van der Waals surface area contributed by atoms with Gasteiger partial charge in [0.1, 0.15) is 0 Å². The van der Waals surface area contributed by atoms with Crippen molar-refractivity contribution in [3.05, 3.63) is 70.6 Å². The Morgan fingerprint density at radius 1 is 0.762 bits per heavy atom. The molecule has 0 N–H and O–H groups in total. The molecule has 0 spiro atoms. The molecule has 0 atom stereocenters. The second-order valence-corrected chi connectivity index (χ2v) is 5.58. The molecule has 100 valence electrons. The first-order valence-electron chi connectivity index (χ1n) is 7.02. The molecule has 0 bridgehead atoms. The van der Waals surface area contributed by atoms with Crippen molar-refractivity contribution >= 4 is 32.8 Å². The minimum Gasteiger partial charge on any atom is -0.260 e. The second-order valence-electron chi connectivity index (χ2n) is 5.58. The van der Waals surface area contributed by atoms with E-state index in [1.807, 2.05) is 45.2 Å². The predicted octanol–water partition coefficient (Wildman–Crippen LogP) is 3.60. The summed E-state index contributed by atoms with van der Waals surface area (Å²) < 4.78 is 3.64. The van der Waals surface area contributed by atoms with Crippen molar-refractivity contribution in [2.45, 2.75) is 6.92 Å². The van der Waals surface area contributed by atoms with E-state index in [9.17, 15) is 4.79 Å². The van der Waals surface area contributed by atoms with Crippen molar-refractivity contribution in [2.75, 3.05) is 0 Å². The van der Waals surface area contributed by atoms with E-state index in [1.54, 1.807) is 0 Å². The Bertz CT molecular complexity index is 1210. The summed E-state index contributed by atoms with van der Waals surface area (Å²) in [6.45, 7) is 2.08. The topological polar surface area (TPSA) is 25.9 Å². The summed E-state index contributed by atoms with van der Waals surface area (Å²) in [6.07, 6.45) is 0. The van der Waals surface area contributed by atoms with Gasteiger partial charge in [-0.15, -0.1) is 0 Å². The average molecular weight is 272 g/mol. The van der Waals surface area contributed by atoms with Crippen molar-refractivity contribution in [1.29, 1.82) is 0 Å². The van der Waals surface area contributed by atoms with Crippen LogP contribution in [0.1, 0.15) is 5.56 Å². The third-order valence-corrected chi connectivity index (χ3v) is 4.42. The number of aromatic nitrogens is 2. The van der Waals surface area contributed by atoms with Gasteiger partial charge in [-0.05, 0) is 36.8 Å². The fourth-order valence-corrected chi connectivity index (χ4v) is 3.42. The molecule has 0 aliphatic carbocycles. The minimum absolute atomic E-state index is 0.0156. The van der Waals surface area contributed by atoms with Crippen LogP contribution in [0, 0.1) is 6.92 Å². The van der Waals surface area contributed by atoms with Gasteiger partial charge in [0.15, 0.2) is 0 Å². The SMILES string of the molecule is Cc1cccc2c1cc1c3cc4ccccc4n3c(=O)n21. The minimum atomic E-state index is 0.0156. The van der Waals surface area contributed by atoms with Gasteiger partial charge >= 0.3 is 5.69 Å². The van der Waals surface area contributed by atoms with Gasteiger partial charge in [-0.1, -0.05) is 30.3 Å². The first kappa shape index (κ1) is 10.9. The van der Waals surface area contributed by atoms with Crippen LogP contribution < -0.4 is 5.69 Å². The Labute approximate surface area is 120 Å². The fraction of sp³-hybridized carbons (Fsp3) is 0.0556. The third kappa shape index (κ3) is 1.17. The number of fused-ring (bicyclic) bond motifs is 7. The molecule has 3 aromatic heterocycles. The molecule has 21 heavy (non-hydrogen) atoms. The number of nitrogens with zero attached hydrogens (tertiary/aromatic N) is 2. The molecule has 0 aliphatic rings. The van der Waals surface area contributed by atoms with Crippen LogP contribution in [0.5, 0.6) is 0 Å². The lowest BCUT2D eigenvalue weighted by Crippen LogP contribution is -2.13. The van der Waals surface area contributed by atoms with Crippen molar-refractivity contribution in [2.24, 2.45) is 0 Å². The van der Waals surface area contributed by atoms with Crippen LogP contribution in [0.4, 0.5) is 0 Å². The number of imidazole rings is 1. The summed E-state index contributed by atoms with van der Waals surface area (Å²) in [5.74, 6) is 0. The highest BCUT2D eigenvalue weighted by atomic mass is 16.1. The van der Waals surface area contributed by atoms with Crippen LogP contribution in [0.25, 0.3) is 32.8 Å². The Morgan fingerprint density at radius 2 is 1.48 bits per heavy atom. The summed E-state index contributed by atoms with van der Waals surface area (Å²) >= 11 is 0. The molecule has 0 unspecified atom stereocenters. The van der Waals surface area contributed by atoms with Crippen LogP contribution in [-0.2, 0) is 0 Å². The molecule has 3 nitrogen and oxygen atoms in total. The Balaban J connectivity index is 2.16. The third-order valence-electron chi connectivity index (χ3n) is 4.42. The van der Waals surface area contributed by atoms with Crippen molar-refractivity contribution < 1.29 is 0 Å². The van der Waals surface area contributed by atoms with Gasteiger partial charge in [-0.3, -0.25) is 8.80 Å². The van der Waals surface area contributed by atoms with Crippen LogP contribution in [-0.4, -0.2) is 8.80 Å². The summed E-state index contributed by atoms with van der Waals surface area (Å²) in [6, 6.07) is 18.3. The standard InChI is InChI=1S/C18H12N2O/c1-11-5-4-8-15-13(11)10-17-16-9-12-6-2-3-7-14(12)19(16)18(21)20(15)17/h2-10H,1H3. The van der Waals surface area contributed by atoms with E-state index < -0.39 is 0 Å². The maximum absolute atomic E-state index is 12.9. The average Bonchev–Trinajstić information content (AvgIpc) is 3.11. The number of aryl methyl sites for hydroxylation is 1. The number of rotatable bonds is 0. The van der Waals surface area contributed by atoms with Gasteiger partial charge in [0.25, 0.3) is 0 Å². The monoisotopic (exact) mass is 272 g/mol. The molecule has 0 radical (unpaired) electrons. The molecule has 0 saturated carbocycles. The summed E-state index contributed by atoms with van der Waals surface area (Å²) in [4.78, 5) is 12.9. The van der Waals surface area contributed by atoms with Gasteiger partial charge in [-0.25, -0.2) is 4.79 Å². The zero-order valence-electron chi connectivity index (χ0n) is 11.5. The lowest BCUT2D eigenvalue weighted by atomic mass is 10.1. The van der Waals surface area contributed by atoms with E-state index in [-0.39, 0.29) is 5.69 Å². The van der Waals surface area contributed by atoms with E-state index in [0.29, 0.717) is 0 Å². The molecule has 2 aromatic carbocycles. The summed E-state index contributed by atoms with van der Waals surface area (Å²) in [5.41, 5.74) is 5.15. The smallest absolute Gasteiger partial charge is 0.260 e. The van der Waals surface area contributed by atoms with Crippen LogP contribution in [0.2, 0.25) is 0 Å². The molecule has 0 fully saturated rings. The zero-order chi connectivity index (χ0) is 14.1. The summed E-state index contributed by atoms with van der Waals surface area (Å²) in [7, 11) is 0. The second kappa shape index (κ2) is 3.44. The molecule has 3 heterocycles. The lowest BCUT2D eigenvalue weighted by molar-refractivity contribution is 1.06. The lowest BCUT2D eigenvalue weighted by Gasteiger charge is -1.95. The van der Waals surface area contributed by atoms with Gasteiger partial charge < -0.3 is 0 Å². The van der Waals surface area contributed by atoms with E-state index in [2.05, 4.69) is 25.1 Å². The Hall–Kier alpha value is -2.81. The zero-order valence-corrected chi connectivity index (χ0v) is 11.5. The first-order valence-corrected chi connectivity index (χ1v) is 7.02. The maximum atomic E-state index is 12.9. The van der Waals surface area contributed by atoms with Crippen LogP contribution >= 0.6 is 0 Å². The highest BCUT2D eigenvalue weighted by Crippen LogP contribution is 2.28. The Kier molecular flexibility index (Phi) is 1.79. The van der Waals surface area contributed by atoms with Crippen molar-refractivity contribution in [1.82, 2.24) is 8.80 Å². The highest BCUT2D eigenvalue weighted by molar-refractivity contribution is 6.00. The maximum Gasteiger partial charge on any atom is 0.338 e. The molecule has 5 rings (SSSR count). The molecule has 3 heteroatoms. The van der Waals surface area contributed by atoms with Gasteiger partial charge in [0.05, 0.1) is 22.1 Å². The highest BCUT2D eigenvalue weighted by Gasteiger charge is 2.16. The number of hydrogen-bond donors (Lipinski definition) is 0. The van der Waals surface area contributed by atoms with E-state index >= 15 is 0 Å². The Morgan fingerprint density at radius 3 is 2.38 bits per heavy atom. The van der Waals surface area contributed by atoms with Crippen LogP contribution in [0.15, 0.2) is 59.4 Å². The fourth-order valence-electron chi connectivity index (χ4n) is 3.42. The van der Waals surface area contributed by atoms with Gasteiger partial charge in [0, 0.05) is 10.8 Å². The van der Waals surface area contributed by atoms with E-state index in [0.717, 1.165) is 32.8 Å². The summed E-state index contributed by atoms with van der Waals surface area (Å²) in [5, 5.41) is 2.26. The molecular formula is C18H12N2O. The van der Waals surface area contributed by atoms with Crippen molar-refractivity contribution in [3.63, 3.8) is 0 Å². The van der Waals surface area contributed by atoms with E-state index in [4.69, 9.17) is 0 Å². The van der Waals surface area contributed by atoms with Gasteiger partial charge in [0.2, 0.25) is 0 Å². The van der Waals surface area contributed by atoms with Gasteiger partial charge in [-0.2, -0.15) is 0 Å². The molecule has 0 amide bonds. The molecule has 5 aromatic rings.